The maximum atomic E-state index is 12.6. The first-order chi connectivity index (χ1) is 10.8. The number of carbonyl (C=O) groups is 2. The highest BCUT2D eigenvalue weighted by atomic mass is 16.2. The van der Waals surface area contributed by atoms with E-state index in [1.54, 1.807) is 4.90 Å². The second-order valence-corrected chi connectivity index (χ2v) is 6.05. The number of benzene rings is 1. The zero-order chi connectivity index (χ0) is 15.4. The molecular formula is C17H23N3O2. The molecule has 1 aromatic carbocycles. The molecule has 2 saturated heterocycles. The molecule has 22 heavy (non-hydrogen) atoms. The van der Waals surface area contributed by atoms with Gasteiger partial charge in [-0.05, 0) is 37.8 Å². The van der Waals surface area contributed by atoms with E-state index >= 15 is 0 Å². The molecule has 2 amide bonds. The lowest BCUT2D eigenvalue weighted by molar-refractivity contribution is -0.124. The average molecular weight is 301 g/mol. The smallest absolute Gasteiger partial charge is 0.318 e. The Bertz CT molecular complexity index is 526. The van der Waals surface area contributed by atoms with Crippen LogP contribution in [-0.2, 0) is 11.3 Å². The zero-order valence-electron chi connectivity index (χ0n) is 12.8. The number of likely N-dealkylation sites (tertiary alicyclic amines) is 1. The lowest BCUT2D eigenvalue weighted by Gasteiger charge is -2.26. The fourth-order valence-electron chi connectivity index (χ4n) is 3.34. The van der Waals surface area contributed by atoms with Crippen LogP contribution >= 0.6 is 0 Å². The summed E-state index contributed by atoms with van der Waals surface area (Å²) in [5, 5.41) is 6.17. The molecule has 0 saturated carbocycles. The van der Waals surface area contributed by atoms with Crippen LogP contribution in [0, 0.1) is 0 Å². The normalized spacial score (nSPS) is 24.5. The van der Waals surface area contributed by atoms with Gasteiger partial charge in [-0.25, -0.2) is 4.79 Å². The van der Waals surface area contributed by atoms with E-state index in [4.69, 9.17) is 0 Å². The van der Waals surface area contributed by atoms with Crippen LogP contribution in [0.15, 0.2) is 30.3 Å². The van der Waals surface area contributed by atoms with E-state index in [0.29, 0.717) is 13.1 Å². The topological polar surface area (TPSA) is 61.4 Å². The van der Waals surface area contributed by atoms with Gasteiger partial charge < -0.3 is 15.5 Å². The van der Waals surface area contributed by atoms with Crippen molar-refractivity contribution in [2.45, 2.75) is 44.3 Å². The lowest BCUT2D eigenvalue weighted by atomic mass is 10.0. The summed E-state index contributed by atoms with van der Waals surface area (Å²) in [7, 11) is 0. The quantitative estimate of drug-likeness (QED) is 0.889. The molecule has 2 heterocycles. The van der Waals surface area contributed by atoms with Crippen molar-refractivity contribution < 1.29 is 9.59 Å². The maximum absolute atomic E-state index is 12.6. The van der Waals surface area contributed by atoms with Gasteiger partial charge in [0.2, 0.25) is 0 Å². The number of nitrogens with zero attached hydrogens (tertiary/aromatic N) is 1. The Kier molecular flexibility index (Phi) is 4.73. The largest absolute Gasteiger partial charge is 0.334 e. The number of urea groups is 1. The predicted octanol–water partition coefficient (Wildman–Crippen LogP) is 1.68. The molecule has 1 aromatic rings. The fraction of sp³-hybridized carbons (Fsp3) is 0.529. The summed E-state index contributed by atoms with van der Waals surface area (Å²) in [6.07, 6.45) is 3.63. The maximum Gasteiger partial charge on any atom is 0.318 e. The lowest BCUT2D eigenvalue weighted by Crippen LogP contribution is -2.50. The minimum atomic E-state index is -0.258. The number of nitrogens with one attached hydrogen (secondary N) is 2. The third-order valence-electron chi connectivity index (χ3n) is 4.53. The van der Waals surface area contributed by atoms with E-state index in [2.05, 4.69) is 10.6 Å². The first-order valence-electron chi connectivity index (χ1n) is 8.11. The van der Waals surface area contributed by atoms with Crippen LogP contribution in [0.1, 0.15) is 31.2 Å². The molecule has 0 radical (unpaired) electrons. The highest BCUT2D eigenvalue weighted by Gasteiger charge is 2.37. The number of amides is 2. The van der Waals surface area contributed by atoms with Gasteiger partial charge in [-0.2, -0.15) is 0 Å². The molecule has 5 nitrogen and oxygen atoms in total. The van der Waals surface area contributed by atoms with E-state index in [9.17, 15) is 9.59 Å². The summed E-state index contributed by atoms with van der Waals surface area (Å²) in [6.45, 7) is 2.08. The second kappa shape index (κ2) is 6.92. The van der Waals surface area contributed by atoms with Crippen LogP contribution in [0.4, 0.5) is 4.79 Å². The van der Waals surface area contributed by atoms with Gasteiger partial charge >= 0.3 is 6.03 Å². The molecule has 2 aliphatic rings. The van der Waals surface area contributed by atoms with Crippen molar-refractivity contribution in [3.05, 3.63) is 35.9 Å². The average Bonchev–Trinajstić information content (AvgIpc) is 3.24. The predicted molar refractivity (Wildman–Crippen MR) is 84.4 cm³/mol. The standard InChI is InChI=1S/C17H23N3O2/c21-16(14-8-4-10-18-14)15-9-5-11-20(15)17(22)19-12-13-6-2-1-3-7-13/h1-3,6-7,14-15,18H,4-5,8-12H2,(H,19,22). The molecule has 0 aromatic heterocycles. The summed E-state index contributed by atoms with van der Waals surface area (Å²) in [5.41, 5.74) is 1.07. The molecule has 2 aliphatic heterocycles. The minimum Gasteiger partial charge on any atom is -0.334 e. The highest BCUT2D eigenvalue weighted by Crippen LogP contribution is 2.21. The van der Waals surface area contributed by atoms with Crippen molar-refractivity contribution in [1.29, 1.82) is 0 Å². The number of carbonyl (C=O) groups excluding carboxylic acids is 2. The Morgan fingerprint density at radius 2 is 2.00 bits per heavy atom. The van der Waals surface area contributed by atoms with Crippen molar-refractivity contribution >= 4 is 11.8 Å². The Morgan fingerprint density at radius 1 is 1.18 bits per heavy atom. The third kappa shape index (κ3) is 3.30. The Balaban J connectivity index is 1.57. The van der Waals surface area contributed by atoms with Gasteiger partial charge in [-0.15, -0.1) is 0 Å². The van der Waals surface area contributed by atoms with Gasteiger partial charge in [-0.3, -0.25) is 4.79 Å². The van der Waals surface area contributed by atoms with Crippen molar-refractivity contribution in [1.82, 2.24) is 15.5 Å². The molecule has 2 unspecified atom stereocenters. The van der Waals surface area contributed by atoms with Crippen LogP contribution in [0.3, 0.4) is 0 Å². The minimum absolute atomic E-state index is 0.0625. The summed E-state index contributed by atoms with van der Waals surface area (Å²) in [5.74, 6) is 0.185. The monoisotopic (exact) mass is 301 g/mol. The van der Waals surface area contributed by atoms with Crippen molar-refractivity contribution in [2.75, 3.05) is 13.1 Å². The fourth-order valence-corrected chi connectivity index (χ4v) is 3.34. The Morgan fingerprint density at radius 3 is 2.73 bits per heavy atom. The Labute approximate surface area is 131 Å². The SMILES string of the molecule is O=C(C1CCCN1)C1CCCN1C(=O)NCc1ccccc1. The highest BCUT2D eigenvalue weighted by molar-refractivity contribution is 5.93. The van der Waals surface area contributed by atoms with E-state index in [1.165, 1.54) is 0 Å². The van der Waals surface area contributed by atoms with E-state index < -0.39 is 0 Å². The van der Waals surface area contributed by atoms with E-state index in [1.807, 2.05) is 30.3 Å². The Hall–Kier alpha value is -1.88. The molecule has 0 aliphatic carbocycles. The van der Waals surface area contributed by atoms with Gasteiger partial charge in [0.05, 0.1) is 12.1 Å². The molecule has 0 spiro atoms. The first kappa shape index (κ1) is 15.0. The van der Waals surface area contributed by atoms with Crippen LogP contribution < -0.4 is 10.6 Å². The van der Waals surface area contributed by atoms with Gasteiger partial charge in [0.1, 0.15) is 0 Å². The van der Waals surface area contributed by atoms with E-state index in [0.717, 1.165) is 37.8 Å². The summed E-state index contributed by atoms with van der Waals surface area (Å²) >= 11 is 0. The van der Waals surface area contributed by atoms with Crippen LogP contribution in [-0.4, -0.2) is 41.9 Å². The first-order valence-corrected chi connectivity index (χ1v) is 8.11. The second-order valence-electron chi connectivity index (χ2n) is 6.05. The molecule has 3 rings (SSSR count). The van der Waals surface area contributed by atoms with Crippen LogP contribution in [0.25, 0.3) is 0 Å². The number of rotatable bonds is 4. The van der Waals surface area contributed by atoms with E-state index in [-0.39, 0.29) is 23.9 Å². The van der Waals surface area contributed by atoms with Crippen LogP contribution in [0.5, 0.6) is 0 Å². The van der Waals surface area contributed by atoms with Gasteiger partial charge in [0, 0.05) is 13.1 Å². The van der Waals surface area contributed by atoms with Gasteiger partial charge in [-0.1, -0.05) is 30.3 Å². The van der Waals surface area contributed by atoms with Gasteiger partial charge in [0.15, 0.2) is 5.78 Å². The van der Waals surface area contributed by atoms with Crippen molar-refractivity contribution in [3.63, 3.8) is 0 Å². The van der Waals surface area contributed by atoms with Crippen molar-refractivity contribution in [3.8, 4) is 0 Å². The molecular weight excluding hydrogens is 278 g/mol. The molecule has 118 valence electrons. The van der Waals surface area contributed by atoms with Gasteiger partial charge in [0.25, 0.3) is 0 Å². The molecule has 0 bridgehead atoms. The number of hydrogen-bond donors (Lipinski definition) is 2. The number of hydrogen-bond acceptors (Lipinski definition) is 3. The van der Waals surface area contributed by atoms with Crippen LogP contribution in [0.2, 0.25) is 0 Å². The number of Topliss-reactive ketones (excluding diaryl/α,β-unsaturated/α-hetero) is 1. The molecule has 2 atom stereocenters. The molecule has 2 N–H and O–H groups in total. The number of ketones is 1. The summed E-state index contributed by atoms with van der Waals surface area (Å²) in [6, 6.07) is 9.38. The summed E-state index contributed by atoms with van der Waals surface area (Å²) in [4.78, 5) is 26.7. The molecule has 2 fully saturated rings. The summed E-state index contributed by atoms with van der Waals surface area (Å²) < 4.78 is 0. The third-order valence-corrected chi connectivity index (χ3v) is 4.53. The zero-order valence-corrected chi connectivity index (χ0v) is 12.8. The molecule has 5 heteroatoms. The van der Waals surface area contributed by atoms with Crippen molar-refractivity contribution in [2.24, 2.45) is 0 Å².